The monoisotopic (exact) mass is 441 g/mol. The van der Waals surface area contributed by atoms with E-state index in [1.54, 1.807) is 30.3 Å². The molecule has 0 aromatic heterocycles. The Morgan fingerprint density at radius 1 is 1.16 bits per heavy atom. The predicted molar refractivity (Wildman–Crippen MR) is 122 cm³/mol. The summed E-state index contributed by atoms with van der Waals surface area (Å²) in [6.07, 6.45) is 3.56. The lowest BCUT2D eigenvalue weighted by Crippen LogP contribution is -2.37. The fourth-order valence-corrected chi connectivity index (χ4v) is 3.78. The summed E-state index contributed by atoms with van der Waals surface area (Å²) in [7, 11) is 1.49. The summed E-state index contributed by atoms with van der Waals surface area (Å²) in [4.78, 5) is 24.6. The molecule has 1 aliphatic carbocycles. The molecule has 8 nitrogen and oxygen atoms in total. The molecule has 1 unspecified atom stereocenters. The maximum atomic E-state index is 12.5. The molecule has 0 aliphatic heterocycles. The van der Waals surface area contributed by atoms with Gasteiger partial charge in [0.05, 0.1) is 18.9 Å². The van der Waals surface area contributed by atoms with Crippen LogP contribution in [0.3, 0.4) is 0 Å². The quantitative estimate of drug-likeness (QED) is 0.347. The second-order valence-electron chi connectivity index (χ2n) is 8.15. The largest absolute Gasteiger partial charge is 0.495 e. The SMILES string of the molecule is COc1cc(C(=O)Nc2ccc(CC(O)C[C@H](N)C(=O)OC3CCCC3)cc2)ccc1N. The number of carbonyl (C=O) groups is 2. The predicted octanol–water partition coefficient (Wildman–Crippen LogP) is 2.64. The highest BCUT2D eigenvalue weighted by atomic mass is 16.5. The Hall–Kier alpha value is -3.10. The number of amides is 1. The fourth-order valence-electron chi connectivity index (χ4n) is 3.78. The average molecular weight is 442 g/mol. The molecular weight excluding hydrogens is 410 g/mol. The van der Waals surface area contributed by atoms with Gasteiger partial charge in [-0.25, -0.2) is 0 Å². The van der Waals surface area contributed by atoms with E-state index in [1.165, 1.54) is 7.11 Å². The third kappa shape index (κ3) is 6.45. The van der Waals surface area contributed by atoms with Crippen molar-refractivity contribution in [1.82, 2.24) is 0 Å². The molecule has 2 aromatic rings. The normalized spacial score (nSPS) is 15.7. The lowest BCUT2D eigenvalue weighted by atomic mass is 10.0. The number of benzene rings is 2. The molecule has 0 radical (unpaired) electrons. The molecule has 1 aliphatic rings. The first kappa shape index (κ1) is 23.6. The molecule has 0 heterocycles. The van der Waals surface area contributed by atoms with Crippen molar-refractivity contribution in [3.63, 3.8) is 0 Å². The van der Waals surface area contributed by atoms with Crippen LogP contribution in [0.2, 0.25) is 0 Å². The molecule has 1 fully saturated rings. The van der Waals surface area contributed by atoms with Gasteiger partial charge in [0.1, 0.15) is 17.9 Å². The summed E-state index contributed by atoms with van der Waals surface area (Å²) < 4.78 is 10.6. The second-order valence-corrected chi connectivity index (χ2v) is 8.15. The number of hydrogen-bond donors (Lipinski definition) is 4. The van der Waals surface area contributed by atoms with E-state index in [-0.39, 0.29) is 18.4 Å². The molecule has 6 N–H and O–H groups in total. The third-order valence-electron chi connectivity index (χ3n) is 5.59. The Bertz CT molecular complexity index is 926. The Balaban J connectivity index is 1.49. The number of nitrogens with one attached hydrogen (secondary N) is 1. The van der Waals surface area contributed by atoms with Crippen molar-refractivity contribution in [3.05, 3.63) is 53.6 Å². The molecule has 0 bridgehead atoms. The summed E-state index contributed by atoms with van der Waals surface area (Å²) in [5.74, 6) is -0.302. The standard InChI is InChI=1S/C24H31N3O5/c1-31-22-13-16(8-11-20(22)25)23(29)27-17-9-6-15(7-10-17)12-18(28)14-21(26)24(30)32-19-4-2-3-5-19/h6-11,13,18-19,21,28H,2-5,12,14,25-26H2,1H3,(H,27,29)/t18?,21-/m0/s1. The van der Waals surface area contributed by atoms with Crippen LogP contribution in [0.4, 0.5) is 11.4 Å². The first-order chi connectivity index (χ1) is 15.4. The van der Waals surface area contributed by atoms with Crippen molar-refractivity contribution in [3.8, 4) is 5.75 Å². The van der Waals surface area contributed by atoms with Gasteiger partial charge in [-0.15, -0.1) is 0 Å². The Morgan fingerprint density at radius 3 is 2.50 bits per heavy atom. The van der Waals surface area contributed by atoms with Gasteiger partial charge in [0.2, 0.25) is 0 Å². The van der Waals surface area contributed by atoms with Gasteiger partial charge in [0.15, 0.2) is 0 Å². The van der Waals surface area contributed by atoms with Crippen molar-refractivity contribution in [1.29, 1.82) is 0 Å². The number of nitrogen functional groups attached to an aromatic ring is 1. The van der Waals surface area contributed by atoms with Gasteiger partial charge in [-0.1, -0.05) is 12.1 Å². The van der Waals surface area contributed by atoms with Crippen LogP contribution in [0.5, 0.6) is 5.75 Å². The van der Waals surface area contributed by atoms with E-state index < -0.39 is 18.1 Å². The van der Waals surface area contributed by atoms with Crippen molar-refractivity contribution in [2.75, 3.05) is 18.2 Å². The number of aliphatic hydroxyl groups is 1. The van der Waals surface area contributed by atoms with Crippen LogP contribution in [0.1, 0.15) is 48.0 Å². The minimum Gasteiger partial charge on any atom is -0.495 e. The van der Waals surface area contributed by atoms with Gasteiger partial charge in [0, 0.05) is 11.3 Å². The molecular formula is C24H31N3O5. The lowest BCUT2D eigenvalue weighted by molar-refractivity contribution is -0.151. The van der Waals surface area contributed by atoms with Crippen LogP contribution in [-0.2, 0) is 16.0 Å². The molecule has 1 amide bonds. The number of rotatable bonds is 9. The summed E-state index contributed by atoms with van der Waals surface area (Å²) >= 11 is 0. The van der Waals surface area contributed by atoms with Crippen LogP contribution in [0.15, 0.2) is 42.5 Å². The summed E-state index contributed by atoms with van der Waals surface area (Å²) in [6, 6.07) is 11.1. The maximum absolute atomic E-state index is 12.5. The van der Waals surface area contributed by atoms with E-state index in [0.717, 1.165) is 31.2 Å². The highest BCUT2D eigenvalue weighted by Gasteiger charge is 2.25. The van der Waals surface area contributed by atoms with Gasteiger partial charge in [0.25, 0.3) is 5.91 Å². The van der Waals surface area contributed by atoms with E-state index in [1.807, 2.05) is 12.1 Å². The number of esters is 1. The van der Waals surface area contributed by atoms with Crippen molar-refractivity contribution in [2.24, 2.45) is 5.73 Å². The minimum absolute atomic E-state index is 0.0391. The fraction of sp³-hybridized carbons (Fsp3) is 0.417. The van der Waals surface area contributed by atoms with Gasteiger partial charge >= 0.3 is 5.97 Å². The molecule has 3 rings (SSSR count). The summed E-state index contributed by atoms with van der Waals surface area (Å²) in [6.45, 7) is 0. The van der Waals surface area contributed by atoms with E-state index in [0.29, 0.717) is 29.1 Å². The first-order valence-electron chi connectivity index (χ1n) is 10.8. The van der Waals surface area contributed by atoms with Gasteiger partial charge < -0.3 is 31.4 Å². The van der Waals surface area contributed by atoms with Crippen LogP contribution in [0, 0.1) is 0 Å². The van der Waals surface area contributed by atoms with Crippen molar-refractivity contribution < 1.29 is 24.2 Å². The number of anilines is 2. The molecule has 8 heteroatoms. The zero-order valence-corrected chi connectivity index (χ0v) is 18.3. The number of aliphatic hydroxyl groups excluding tert-OH is 1. The summed E-state index contributed by atoms with van der Waals surface area (Å²) in [5.41, 5.74) is 14.1. The molecule has 172 valence electrons. The number of carbonyl (C=O) groups excluding carboxylic acids is 2. The van der Waals surface area contributed by atoms with E-state index >= 15 is 0 Å². The highest BCUT2D eigenvalue weighted by Crippen LogP contribution is 2.23. The van der Waals surface area contributed by atoms with E-state index in [2.05, 4.69) is 5.32 Å². The smallest absolute Gasteiger partial charge is 0.323 e. The Kier molecular flexibility index (Phi) is 8.08. The Morgan fingerprint density at radius 2 is 1.84 bits per heavy atom. The molecule has 2 atom stereocenters. The van der Waals surface area contributed by atoms with Crippen molar-refractivity contribution >= 4 is 23.3 Å². The first-order valence-corrected chi connectivity index (χ1v) is 10.8. The number of hydrogen-bond acceptors (Lipinski definition) is 7. The molecule has 0 saturated heterocycles. The van der Waals surface area contributed by atoms with Gasteiger partial charge in [-0.2, -0.15) is 0 Å². The summed E-state index contributed by atoms with van der Waals surface area (Å²) in [5, 5.41) is 13.2. The second kappa shape index (κ2) is 11.0. The Labute approximate surface area is 187 Å². The number of methoxy groups -OCH3 is 1. The number of ether oxygens (including phenoxy) is 2. The maximum Gasteiger partial charge on any atom is 0.323 e. The molecule has 2 aromatic carbocycles. The van der Waals surface area contributed by atoms with Gasteiger partial charge in [-0.3, -0.25) is 9.59 Å². The number of nitrogens with two attached hydrogens (primary N) is 2. The van der Waals surface area contributed by atoms with E-state index in [4.69, 9.17) is 20.9 Å². The van der Waals surface area contributed by atoms with Crippen molar-refractivity contribution in [2.45, 2.75) is 56.8 Å². The molecule has 1 saturated carbocycles. The van der Waals surface area contributed by atoms with Crippen LogP contribution < -0.4 is 21.5 Å². The third-order valence-corrected chi connectivity index (χ3v) is 5.59. The van der Waals surface area contributed by atoms with Crippen LogP contribution in [-0.4, -0.2) is 42.3 Å². The van der Waals surface area contributed by atoms with E-state index in [9.17, 15) is 14.7 Å². The molecule has 0 spiro atoms. The highest BCUT2D eigenvalue weighted by molar-refractivity contribution is 6.04. The average Bonchev–Trinajstić information content (AvgIpc) is 3.28. The zero-order chi connectivity index (χ0) is 23.1. The van der Waals surface area contributed by atoms with Crippen LogP contribution >= 0.6 is 0 Å². The topological polar surface area (TPSA) is 137 Å². The zero-order valence-electron chi connectivity index (χ0n) is 18.3. The lowest BCUT2D eigenvalue weighted by Gasteiger charge is -2.18. The van der Waals surface area contributed by atoms with Crippen LogP contribution in [0.25, 0.3) is 0 Å². The van der Waals surface area contributed by atoms with Gasteiger partial charge in [-0.05, 0) is 74.4 Å². The molecule has 32 heavy (non-hydrogen) atoms. The minimum atomic E-state index is -0.846.